The summed E-state index contributed by atoms with van der Waals surface area (Å²) in [6.07, 6.45) is 0.633. The van der Waals surface area contributed by atoms with Crippen LogP contribution in [0.4, 0.5) is 0 Å². The SMILES string of the molecule is Cn1c(CC(NN)c2cc(Cl)sc2Cl)nc2ccccc21. The van der Waals surface area contributed by atoms with Crippen molar-refractivity contribution in [2.24, 2.45) is 12.9 Å². The predicted octanol–water partition coefficient (Wildman–Crippen LogP) is 3.69. The number of thiophene rings is 1. The van der Waals surface area contributed by atoms with Gasteiger partial charge in [-0.1, -0.05) is 35.3 Å². The summed E-state index contributed by atoms with van der Waals surface area (Å²) in [5.74, 6) is 6.63. The molecule has 0 saturated heterocycles. The van der Waals surface area contributed by atoms with E-state index >= 15 is 0 Å². The first-order valence-corrected chi connectivity index (χ1v) is 7.98. The van der Waals surface area contributed by atoms with Gasteiger partial charge in [0, 0.05) is 19.0 Å². The van der Waals surface area contributed by atoms with Crippen molar-refractivity contribution in [2.75, 3.05) is 0 Å². The molecule has 0 aliphatic heterocycles. The highest BCUT2D eigenvalue weighted by atomic mass is 35.5. The molecule has 7 heteroatoms. The molecule has 2 heterocycles. The van der Waals surface area contributed by atoms with Crippen molar-refractivity contribution >= 4 is 45.6 Å². The van der Waals surface area contributed by atoms with Crippen LogP contribution in [0.3, 0.4) is 0 Å². The van der Waals surface area contributed by atoms with E-state index in [1.807, 2.05) is 37.4 Å². The van der Waals surface area contributed by atoms with Gasteiger partial charge in [0.1, 0.15) is 5.82 Å². The van der Waals surface area contributed by atoms with E-state index in [1.54, 1.807) is 0 Å². The van der Waals surface area contributed by atoms with Gasteiger partial charge in [0.15, 0.2) is 0 Å². The van der Waals surface area contributed by atoms with Crippen LogP contribution in [0, 0.1) is 0 Å². The Kier molecular flexibility index (Phi) is 4.19. The molecule has 110 valence electrons. The average Bonchev–Trinajstić information content (AvgIpc) is 2.97. The number of hydrazine groups is 1. The van der Waals surface area contributed by atoms with Crippen LogP contribution in [0.15, 0.2) is 30.3 Å². The minimum absolute atomic E-state index is 0.128. The number of aromatic nitrogens is 2. The number of nitrogens with one attached hydrogen (secondary N) is 1. The molecule has 2 aromatic heterocycles. The number of imidazole rings is 1. The first kappa shape index (κ1) is 14.8. The van der Waals surface area contributed by atoms with Crippen molar-refractivity contribution in [3.05, 3.63) is 50.4 Å². The maximum absolute atomic E-state index is 6.21. The maximum Gasteiger partial charge on any atom is 0.111 e. The van der Waals surface area contributed by atoms with Crippen LogP contribution >= 0.6 is 34.5 Å². The molecule has 0 aliphatic rings. The molecule has 0 bridgehead atoms. The smallest absolute Gasteiger partial charge is 0.111 e. The van der Waals surface area contributed by atoms with Gasteiger partial charge < -0.3 is 4.57 Å². The minimum atomic E-state index is -0.128. The number of nitrogens with two attached hydrogens (primary N) is 1. The van der Waals surface area contributed by atoms with Crippen molar-refractivity contribution in [2.45, 2.75) is 12.5 Å². The number of hydrogen-bond donors (Lipinski definition) is 2. The lowest BCUT2D eigenvalue weighted by molar-refractivity contribution is 0.533. The summed E-state index contributed by atoms with van der Waals surface area (Å²) in [6.45, 7) is 0. The second-order valence-corrected chi connectivity index (χ2v) is 7.06. The molecule has 0 amide bonds. The first-order chi connectivity index (χ1) is 10.1. The van der Waals surface area contributed by atoms with Gasteiger partial charge in [-0.2, -0.15) is 0 Å². The second kappa shape index (κ2) is 5.94. The second-order valence-electron chi connectivity index (χ2n) is 4.78. The van der Waals surface area contributed by atoms with E-state index in [0.717, 1.165) is 22.4 Å². The van der Waals surface area contributed by atoms with E-state index in [-0.39, 0.29) is 6.04 Å². The van der Waals surface area contributed by atoms with Crippen LogP contribution in [0.2, 0.25) is 8.67 Å². The van der Waals surface area contributed by atoms with Crippen LogP contribution in [0.25, 0.3) is 11.0 Å². The number of fused-ring (bicyclic) bond motifs is 1. The van der Waals surface area contributed by atoms with Crippen molar-refractivity contribution < 1.29 is 0 Å². The van der Waals surface area contributed by atoms with Crippen LogP contribution in [0.1, 0.15) is 17.4 Å². The molecule has 3 aromatic rings. The van der Waals surface area contributed by atoms with E-state index < -0.39 is 0 Å². The number of halogens is 2. The molecule has 0 fully saturated rings. The molecule has 0 spiro atoms. The number of benzene rings is 1. The van der Waals surface area contributed by atoms with Crippen molar-refractivity contribution in [1.29, 1.82) is 0 Å². The molecular formula is C14H14Cl2N4S. The van der Waals surface area contributed by atoms with Crippen molar-refractivity contribution in [1.82, 2.24) is 15.0 Å². The zero-order valence-electron chi connectivity index (χ0n) is 11.3. The summed E-state index contributed by atoms with van der Waals surface area (Å²) in [5, 5.41) is 0. The fraction of sp³-hybridized carbons (Fsp3) is 0.214. The monoisotopic (exact) mass is 340 g/mol. The van der Waals surface area contributed by atoms with Crippen LogP contribution in [-0.2, 0) is 13.5 Å². The minimum Gasteiger partial charge on any atom is -0.331 e. The molecule has 0 saturated carbocycles. The Balaban J connectivity index is 1.96. The highest BCUT2D eigenvalue weighted by molar-refractivity contribution is 7.20. The Hall–Kier alpha value is -1.11. The summed E-state index contributed by atoms with van der Waals surface area (Å²) in [7, 11) is 2.00. The third kappa shape index (κ3) is 2.80. The van der Waals surface area contributed by atoms with Gasteiger partial charge in [-0.15, -0.1) is 11.3 Å². The van der Waals surface area contributed by atoms with E-state index in [4.69, 9.17) is 29.0 Å². The van der Waals surface area contributed by atoms with Gasteiger partial charge in [0.05, 0.1) is 25.7 Å². The maximum atomic E-state index is 6.21. The summed E-state index contributed by atoms with van der Waals surface area (Å²) < 4.78 is 3.38. The molecular weight excluding hydrogens is 327 g/mol. The van der Waals surface area contributed by atoms with Crippen LogP contribution < -0.4 is 11.3 Å². The topological polar surface area (TPSA) is 55.9 Å². The average molecular weight is 341 g/mol. The molecule has 3 N–H and O–H groups in total. The molecule has 1 aromatic carbocycles. The largest absolute Gasteiger partial charge is 0.331 e. The summed E-state index contributed by atoms with van der Waals surface area (Å²) >= 11 is 13.6. The van der Waals surface area contributed by atoms with Crippen LogP contribution in [-0.4, -0.2) is 9.55 Å². The lowest BCUT2D eigenvalue weighted by Gasteiger charge is -2.15. The third-order valence-corrected chi connectivity index (χ3v) is 5.04. The molecule has 0 aliphatic carbocycles. The zero-order valence-corrected chi connectivity index (χ0v) is 13.6. The normalized spacial score (nSPS) is 13.0. The summed E-state index contributed by atoms with van der Waals surface area (Å²) in [4.78, 5) is 4.66. The molecule has 4 nitrogen and oxygen atoms in total. The number of para-hydroxylation sites is 2. The van der Waals surface area contributed by atoms with Gasteiger partial charge in [-0.05, 0) is 18.2 Å². The lowest BCUT2D eigenvalue weighted by atomic mass is 10.1. The highest BCUT2D eigenvalue weighted by Gasteiger charge is 2.19. The van der Waals surface area contributed by atoms with E-state index in [9.17, 15) is 0 Å². The Morgan fingerprint density at radius 2 is 2.14 bits per heavy atom. The standard InChI is InChI=1S/C14H14Cl2N4S/c1-20-11-5-3-2-4-9(11)18-13(20)7-10(19-17)8-6-12(15)21-14(8)16/h2-6,10,19H,7,17H2,1H3. The fourth-order valence-corrected chi connectivity index (χ4v) is 3.99. The number of hydrogen-bond acceptors (Lipinski definition) is 4. The lowest BCUT2D eigenvalue weighted by Crippen LogP contribution is -2.30. The molecule has 0 radical (unpaired) electrons. The highest BCUT2D eigenvalue weighted by Crippen LogP contribution is 2.36. The molecule has 21 heavy (non-hydrogen) atoms. The van der Waals surface area contributed by atoms with E-state index in [2.05, 4.69) is 15.0 Å². The Labute approximate surface area is 136 Å². The number of nitrogens with zero attached hydrogens (tertiary/aromatic N) is 2. The van der Waals surface area contributed by atoms with E-state index in [1.165, 1.54) is 11.3 Å². The quantitative estimate of drug-likeness (QED) is 0.562. The summed E-state index contributed by atoms with van der Waals surface area (Å²) in [5.41, 5.74) is 5.77. The van der Waals surface area contributed by atoms with Gasteiger partial charge in [-0.25, -0.2) is 4.98 Å². The van der Waals surface area contributed by atoms with Gasteiger partial charge in [0.25, 0.3) is 0 Å². The van der Waals surface area contributed by atoms with Gasteiger partial charge in [-0.3, -0.25) is 11.3 Å². The molecule has 1 atom stereocenters. The van der Waals surface area contributed by atoms with E-state index in [0.29, 0.717) is 15.1 Å². The van der Waals surface area contributed by atoms with Crippen LogP contribution in [0.5, 0.6) is 0 Å². The van der Waals surface area contributed by atoms with Crippen molar-refractivity contribution in [3.8, 4) is 0 Å². The fourth-order valence-electron chi connectivity index (χ4n) is 2.41. The Morgan fingerprint density at radius 1 is 1.38 bits per heavy atom. The predicted molar refractivity (Wildman–Crippen MR) is 88.8 cm³/mol. The van der Waals surface area contributed by atoms with Gasteiger partial charge >= 0.3 is 0 Å². The van der Waals surface area contributed by atoms with Gasteiger partial charge in [0.2, 0.25) is 0 Å². The first-order valence-electron chi connectivity index (χ1n) is 6.41. The number of aryl methyl sites for hydroxylation is 1. The van der Waals surface area contributed by atoms with Crippen molar-refractivity contribution in [3.63, 3.8) is 0 Å². The third-order valence-electron chi connectivity index (χ3n) is 3.53. The number of rotatable bonds is 4. The Bertz CT molecular complexity index is 780. The summed E-state index contributed by atoms with van der Waals surface area (Å²) in [6, 6.07) is 9.75. The Morgan fingerprint density at radius 3 is 2.76 bits per heavy atom. The zero-order chi connectivity index (χ0) is 15.0. The molecule has 1 unspecified atom stereocenters. The molecule has 3 rings (SSSR count).